The third-order valence-electron chi connectivity index (χ3n) is 4.53. The van der Waals surface area contributed by atoms with Crippen LogP contribution < -0.4 is 22.6 Å². The third kappa shape index (κ3) is 5.79. The minimum atomic E-state index is -0.992. The lowest BCUT2D eigenvalue weighted by atomic mass is 10.1. The summed E-state index contributed by atoms with van der Waals surface area (Å²) in [7, 11) is 0. The molecule has 0 spiro atoms. The van der Waals surface area contributed by atoms with E-state index in [4.69, 9.17) is 4.74 Å². The molecular weight excluding hydrogens is 368 g/mol. The van der Waals surface area contributed by atoms with Gasteiger partial charge in [0.2, 0.25) is 0 Å². The number of carboxylic acids is 1. The van der Waals surface area contributed by atoms with Gasteiger partial charge in [-0.25, -0.2) is 4.79 Å². The zero-order chi connectivity index (χ0) is 18.4. The van der Waals surface area contributed by atoms with E-state index in [0.717, 1.165) is 32.8 Å². The summed E-state index contributed by atoms with van der Waals surface area (Å²) in [5.74, 6) is -0.895. The van der Waals surface area contributed by atoms with Gasteiger partial charge in [0, 0.05) is 11.3 Å². The molecule has 3 rings (SSSR count). The first-order valence-electron chi connectivity index (χ1n) is 8.77. The number of para-hydroxylation sites is 1. The van der Waals surface area contributed by atoms with Crippen molar-refractivity contribution >= 4 is 23.1 Å². The van der Waals surface area contributed by atoms with Crippen molar-refractivity contribution in [1.82, 2.24) is 0 Å². The van der Waals surface area contributed by atoms with Crippen molar-refractivity contribution in [3.63, 3.8) is 0 Å². The predicted molar refractivity (Wildman–Crippen MR) is 98.5 cm³/mol. The number of ketones is 1. The van der Waals surface area contributed by atoms with Gasteiger partial charge in [-0.2, -0.15) is 0 Å². The largest absolute Gasteiger partial charge is 1.00 e. The van der Waals surface area contributed by atoms with Gasteiger partial charge in [-0.1, -0.05) is 24.3 Å². The Bertz CT molecular complexity index is 791. The van der Waals surface area contributed by atoms with Crippen LogP contribution in [0.1, 0.15) is 27.1 Å². The first-order valence-corrected chi connectivity index (χ1v) is 8.77. The minimum absolute atomic E-state index is 0. The Balaban J connectivity index is 0.00000261. The number of carbonyl (C=O) groups is 2. The van der Waals surface area contributed by atoms with Gasteiger partial charge in [-0.05, 0) is 24.3 Å². The number of hydrogen-bond acceptors (Lipinski definition) is 4. The number of halogens is 1. The van der Waals surface area contributed by atoms with E-state index >= 15 is 0 Å². The highest BCUT2D eigenvalue weighted by Gasteiger charge is 2.16. The van der Waals surface area contributed by atoms with Crippen LogP contribution in [0, 0.1) is 0 Å². The number of morpholine rings is 1. The second kappa shape index (κ2) is 10.1. The summed E-state index contributed by atoms with van der Waals surface area (Å²) >= 11 is 0. The van der Waals surface area contributed by atoms with E-state index in [1.54, 1.807) is 42.5 Å². The fourth-order valence-corrected chi connectivity index (χ4v) is 3.05. The highest BCUT2D eigenvalue weighted by atomic mass is 35.5. The minimum Gasteiger partial charge on any atom is -1.00 e. The molecule has 2 aromatic rings. The predicted octanol–water partition coefficient (Wildman–Crippen LogP) is -1.38. The zero-order valence-corrected chi connectivity index (χ0v) is 15.7. The Labute approximate surface area is 164 Å². The summed E-state index contributed by atoms with van der Waals surface area (Å²) in [5, 5.41) is 12.4. The molecule has 0 bridgehead atoms. The molecule has 1 heterocycles. The average Bonchev–Trinajstić information content (AvgIpc) is 2.67. The molecule has 0 atom stereocenters. The SMILES string of the molecule is O=C(CC[NH+]1CCOCC1)c1cccc(Nc2ccccc2C(=O)O)c1.[Cl-]. The number of hydrogen-bond donors (Lipinski definition) is 3. The monoisotopic (exact) mass is 390 g/mol. The fraction of sp³-hybridized carbons (Fsp3) is 0.300. The van der Waals surface area contributed by atoms with Crippen LogP contribution in [0.4, 0.5) is 11.4 Å². The van der Waals surface area contributed by atoms with Crippen LogP contribution in [0.3, 0.4) is 0 Å². The van der Waals surface area contributed by atoms with Crippen LogP contribution in [0.15, 0.2) is 48.5 Å². The van der Waals surface area contributed by atoms with E-state index in [0.29, 0.717) is 23.4 Å². The van der Waals surface area contributed by atoms with Crippen LogP contribution in [0.25, 0.3) is 0 Å². The Morgan fingerprint density at radius 2 is 1.81 bits per heavy atom. The van der Waals surface area contributed by atoms with Gasteiger partial charge in [-0.3, -0.25) is 4.79 Å². The molecule has 0 saturated carbocycles. The molecule has 144 valence electrons. The highest BCUT2D eigenvalue weighted by Crippen LogP contribution is 2.22. The van der Waals surface area contributed by atoms with E-state index in [9.17, 15) is 14.7 Å². The van der Waals surface area contributed by atoms with E-state index in [-0.39, 0.29) is 23.8 Å². The first-order chi connectivity index (χ1) is 12.6. The van der Waals surface area contributed by atoms with Crippen molar-refractivity contribution in [1.29, 1.82) is 0 Å². The number of carbonyl (C=O) groups excluding carboxylic acids is 1. The molecule has 1 saturated heterocycles. The molecular formula is C20H23ClN2O4. The molecule has 7 heteroatoms. The molecule has 6 nitrogen and oxygen atoms in total. The number of ether oxygens (including phenoxy) is 1. The molecule has 0 amide bonds. The zero-order valence-electron chi connectivity index (χ0n) is 14.9. The summed E-state index contributed by atoms with van der Waals surface area (Å²) in [6.07, 6.45) is 0.491. The van der Waals surface area contributed by atoms with Crippen LogP contribution in [-0.2, 0) is 4.74 Å². The Morgan fingerprint density at radius 1 is 1.07 bits per heavy atom. The number of rotatable bonds is 7. The normalized spacial score (nSPS) is 14.2. The molecule has 3 N–H and O–H groups in total. The summed E-state index contributed by atoms with van der Waals surface area (Å²) in [6.45, 7) is 4.21. The van der Waals surface area contributed by atoms with Crippen LogP contribution in [0.5, 0.6) is 0 Å². The van der Waals surface area contributed by atoms with Gasteiger partial charge >= 0.3 is 5.97 Å². The van der Waals surface area contributed by atoms with Crippen LogP contribution in [0.2, 0.25) is 0 Å². The van der Waals surface area contributed by atoms with Crippen molar-refractivity contribution in [2.75, 3.05) is 38.2 Å². The number of quaternary nitrogens is 1. The number of benzene rings is 2. The molecule has 1 aliphatic rings. The van der Waals surface area contributed by atoms with Crippen LogP contribution >= 0.6 is 0 Å². The Kier molecular flexibility index (Phi) is 7.79. The summed E-state index contributed by atoms with van der Waals surface area (Å²) in [6, 6.07) is 13.9. The number of carboxylic acid groups (broad SMARTS) is 1. The van der Waals surface area contributed by atoms with Gasteiger partial charge in [-0.15, -0.1) is 0 Å². The maximum atomic E-state index is 12.5. The second-order valence-corrected chi connectivity index (χ2v) is 6.34. The first kappa shape index (κ1) is 20.9. The smallest absolute Gasteiger partial charge is 0.337 e. The van der Waals surface area contributed by atoms with Crippen molar-refractivity contribution in [3.8, 4) is 0 Å². The Hall–Kier alpha value is -2.41. The Morgan fingerprint density at radius 3 is 2.56 bits per heavy atom. The molecule has 1 fully saturated rings. The van der Waals surface area contributed by atoms with Crippen LogP contribution in [-0.4, -0.2) is 49.7 Å². The number of nitrogens with one attached hydrogen (secondary N) is 2. The lowest BCUT2D eigenvalue weighted by molar-refractivity contribution is -0.907. The van der Waals surface area contributed by atoms with Crippen molar-refractivity contribution < 1.29 is 36.7 Å². The van der Waals surface area contributed by atoms with Gasteiger partial charge in [0.1, 0.15) is 13.1 Å². The van der Waals surface area contributed by atoms with Gasteiger partial charge in [0.05, 0.1) is 37.4 Å². The molecule has 0 aliphatic carbocycles. The van der Waals surface area contributed by atoms with Crippen molar-refractivity contribution in [3.05, 3.63) is 59.7 Å². The van der Waals surface area contributed by atoms with E-state index in [1.165, 1.54) is 4.90 Å². The van der Waals surface area contributed by atoms with Crippen molar-refractivity contribution in [2.45, 2.75) is 6.42 Å². The standard InChI is InChI=1S/C20H22N2O4.ClH/c23-19(8-9-22-10-12-26-13-11-22)15-4-3-5-16(14-15)21-18-7-2-1-6-17(18)20(24)25;/h1-7,14,21H,8-13H2,(H,24,25);1H. The average molecular weight is 391 g/mol. The second-order valence-electron chi connectivity index (χ2n) is 6.34. The molecule has 1 aliphatic heterocycles. The molecule has 0 unspecified atom stereocenters. The maximum absolute atomic E-state index is 12.5. The number of aromatic carboxylic acids is 1. The maximum Gasteiger partial charge on any atom is 0.337 e. The summed E-state index contributed by atoms with van der Waals surface area (Å²) < 4.78 is 5.33. The third-order valence-corrected chi connectivity index (χ3v) is 4.53. The van der Waals surface area contributed by atoms with Gasteiger partial charge in [0.25, 0.3) is 0 Å². The molecule has 27 heavy (non-hydrogen) atoms. The fourth-order valence-electron chi connectivity index (χ4n) is 3.05. The van der Waals surface area contributed by atoms with E-state index in [1.807, 2.05) is 6.07 Å². The van der Waals surface area contributed by atoms with Gasteiger partial charge in [0.15, 0.2) is 5.78 Å². The molecule has 2 aromatic carbocycles. The van der Waals surface area contributed by atoms with Gasteiger partial charge < -0.3 is 32.5 Å². The molecule has 0 radical (unpaired) electrons. The van der Waals surface area contributed by atoms with Crippen molar-refractivity contribution in [2.24, 2.45) is 0 Å². The lowest BCUT2D eigenvalue weighted by Gasteiger charge is -2.23. The lowest BCUT2D eigenvalue weighted by Crippen LogP contribution is -3.14. The number of Topliss-reactive ketones (excluding diaryl/α,β-unsaturated/α-hetero) is 1. The topological polar surface area (TPSA) is 80.1 Å². The highest BCUT2D eigenvalue weighted by molar-refractivity contribution is 5.98. The summed E-state index contributed by atoms with van der Waals surface area (Å²) in [5.41, 5.74) is 2.03. The van der Waals surface area contributed by atoms with E-state index < -0.39 is 5.97 Å². The summed E-state index contributed by atoms with van der Waals surface area (Å²) in [4.78, 5) is 25.2. The number of anilines is 2. The molecule has 0 aromatic heterocycles. The quantitative estimate of drug-likeness (QED) is 0.508. The van der Waals surface area contributed by atoms with E-state index in [2.05, 4.69) is 5.32 Å².